The maximum absolute atomic E-state index is 12.9. The molecule has 0 saturated carbocycles. The van der Waals surface area contributed by atoms with Gasteiger partial charge in [-0.1, -0.05) is 35.9 Å². The van der Waals surface area contributed by atoms with Crippen molar-refractivity contribution in [3.05, 3.63) is 64.7 Å². The van der Waals surface area contributed by atoms with Crippen LogP contribution in [0.15, 0.2) is 48.5 Å². The summed E-state index contributed by atoms with van der Waals surface area (Å²) in [6.45, 7) is 2.06. The summed E-state index contributed by atoms with van der Waals surface area (Å²) in [7, 11) is 3.16. The largest absolute Gasteiger partial charge is 0.497 e. The Labute approximate surface area is 158 Å². The molecule has 2 aromatic carbocycles. The highest BCUT2D eigenvalue weighted by atomic mass is 35.5. The van der Waals surface area contributed by atoms with Crippen molar-refractivity contribution in [2.24, 2.45) is 0 Å². The van der Waals surface area contributed by atoms with Crippen LogP contribution < -0.4 is 10.1 Å². The van der Waals surface area contributed by atoms with Gasteiger partial charge in [-0.25, -0.2) is 0 Å². The van der Waals surface area contributed by atoms with Crippen molar-refractivity contribution in [2.45, 2.75) is 25.9 Å². The number of nitrogens with one attached hydrogen (secondary N) is 1. The molecule has 0 aliphatic rings. The number of halogens is 1. The highest BCUT2D eigenvalue weighted by molar-refractivity contribution is 6.30. The lowest BCUT2D eigenvalue weighted by molar-refractivity contribution is -0.139. The third-order valence-electron chi connectivity index (χ3n) is 4.19. The summed E-state index contributed by atoms with van der Waals surface area (Å²) < 4.78 is 5.14. The molecule has 1 N–H and O–H groups in total. The number of ether oxygens (including phenoxy) is 1. The number of carbonyl (C=O) groups excluding carboxylic acids is 2. The predicted molar refractivity (Wildman–Crippen MR) is 102 cm³/mol. The molecule has 0 radical (unpaired) electrons. The van der Waals surface area contributed by atoms with Gasteiger partial charge >= 0.3 is 0 Å². The van der Waals surface area contributed by atoms with Gasteiger partial charge < -0.3 is 15.0 Å². The van der Waals surface area contributed by atoms with Gasteiger partial charge in [0.1, 0.15) is 11.8 Å². The Kier molecular flexibility index (Phi) is 7.04. The SMILES string of the molecule is CNC(=O)[C@@H](C)N(Cc1ccc(Cl)cc1)C(=O)Cc1ccc(OC)cc1. The molecule has 0 fully saturated rings. The first-order valence-corrected chi connectivity index (χ1v) is 8.71. The van der Waals surface area contributed by atoms with Crippen LogP contribution in [0, 0.1) is 0 Å². The summed E-state index contributed by atoms with van der Waals surface area (Å²) in [4.78, 5) is 26.6. The number of hydrogen-bond acceptors (Lipinski definition) is 3. The van der Waals surface area contributed by atoms with Crippen molar-refractivity contribution in [1.29, 1.82) is 0 Å². The first-order chi connectivity index (χ1) is 12.4. The van der Waals surface area contributed by atoms with Crippen molar-refractivity contribution in [2.75, 3.05) is 14.2 Å². The second-order valence-corrected chi connectivity index (χ2v) is 6.40. The summed E-state index contributed by atoms with van der Waals surface area (Å²) in [5.74, 6) is 0.404. The van der Waals surface area contributed by atoms with Crippen LogP contribution in [0.25, 0.3) is 0 Å². The molecule has 138 valence electrons. The van der Waals surface area contributed by atoms with Crippen LogP contribution in [-0.2, 0) is 22.6 Å². The summed E-state index contributed by atoms with van der Waals surface area (Å²) in [6, 6.07) is 14.0. The van der Waals surface area contributed by atoms with Gasteiger partial charge in [-0.15, -0.1) is 0 Å². The molecule has 0 spiro atoms. The fourth-order valence-electron chi connectivity index (χ4n) is 2.60. The third kappa shape index (κ3) is 5.23. The maximum Gasteiger partial charge on any atom is 0.242 e. The molecule has 6 heteroatoms. The molecule has 0 heterocycles. The molecule has 0 aliphatic heterocycles. The van der Waals surface area contributed by atoms with Crippen LogP contribution in [0.3, 0.4) is 0 Å². The second kappa shape index (κ2) is 9.25. The van der Waals surface area contributed by atoms with Gasteiger partial charge in [0.2, 0.25) is 11.8 Å². The van der Waals surface area contributed by atoms with Crippen molar-refractivity contribution < 1.29 is 14.3 Å². The minimum absolute atomic E-state index is 0.124. The number of hydrogen-bond donors (Lipinski definition) is 1. The Hall–Kier alpha value is -2.53. The van der Waals surface area contributed by atoms with Gasteiger partial charge in [-0.2, -0.15) is 0 Å². The number of benzene rings is 2. The Morgan fingerprint density at radius 2 is 1.65 bits per heavy atom. The number of nitrogens with zero attached hydrogens (tertiary/aromatic N) is 1. The van der Waals surface area contributed by atoms with Crippen LogP contribution >= 0.6 is 11.6 Å². The molecule has 26 heavy (non-hydrogen) atoms. The molecule has 2 amide bonds. The molecule has 0 saturated heterocycles. The first-order valence-electron chi connectivity index (χ1n) is 8.33. The number of rotatable bonds is 7. The molecule has 0 aromatic heterocycles. The van der Waals surface area contributed by atoms with E-state index in [0.29, 0.717) is 11.6 Å². The minimum atomic E-state index is -0.582. The lowest BCUT2D eigenvalue weighted by Gasteiger charge is -2.28. The zero-order valence-corrected chi connectivity index (χ0v) is 15.9. The lowest BCUT2D eigenvalue weighted by Crippen LogP contribution is -2.47. The minimum Gasteiger partial charge on any atom is -0.497 e. The number of methoxy groups -OCH3 is 1. The number of carbonyl (C=O) groups is 2. The molecule has 1 atom stereocenters. The van der Waals surface area contributed by atoms with Crippen LogP contribution in [-0.4, -0.2) is 36.9 Å². The number of likely N-dealkylation sites (N-methyl/N-ethyl adjacent to an activating group) is 1. The van der Waals surface area contributed by atoms with E-state index in [-0.39, 0.29) is 18.2 Å². The standard InChI is InChI=1S/C20H23ClN2O3/c1-14(20(25)22-2)23(13-16-4-8-17(21)9-5-16)19(24)12-15-6-10-18(26-3)11-7-15/h4-11,14H,12-13H2,1-3H3,(H,22,25)/t14-/m1/s1. The molecular weight excluding hydrogens is 352 g/mol. The van der Waals surface area contributed by atoms with E-state index in [1.807, 2.05) is 36.4 Å². The normalized spacial score (nSPS) is 11.5. The van der Waals surface area contributed by atoms with E-state index in [1.54, 1.807) is 38.1 Å². The smallest absolute Gasteiger partial charge is 0.242 e. The van der Waals surface area contributed by atoms with Gasteiger partial charge in [-0.3, -0.25) is 9.59 Å². The maximum atomic E-state index is 12.9. The van der Waals surface area contributed by atoms with Gasteiger partial charge in [0, 0.05) is 18.6 Å². The summed E-state index contributed by atoms with van der Waals surface area (Å²) in [5, 5.41) is 3.23. The molecule has 2 aromatic rings. The monoisotopic (exact) mass is 374 g/mol. The third-order valence-corrected chi connectivity index (χ3v) is 4.45. The topological polar surface area (TPSA) is 58.6 Å². The second-order valence-electron chi connectivity index (χ2n) is 5.96. The van der Waals surface area contributed by atoms with Gasteiger partial charge in [0.05, 0.1) is 13.5 Å². The average Bonchev–Trinajstić information content (AvgIpc) is 2.66. The summed E-state index contributed by atoms with van der Waals surface area (Å²) >= 11 is 5.92. The molecule has 0 bridgehead atoms. The van der Waals surface area contributed by atoms with Gasteiger partial charge in [0.25, 0.3) is 0 Å². The van der Waals surface area contributed by atoms with E-state index in [4.69, 9.17) is 16.3 Å². The van der Waals surface area contributed by atoms with Crippen molar-refractivity contribution in [3.63, 3.8) is 0 Å². The van der Waals surface area contributed by atoms with E-state index in [9.17, 15) is 9.59 Å². The lowest BCUT2D eigenvalue weighted by atomic mass is 10.1. The Morgan fingerprint density at radius 3 is 2.19 bits per heavy atom. The van der Waals surface area contributed by atoms with Crippen LogP contribution in [0.2, 0.25) is 5.02 Å². The van der Waals surface area contributed by atoms with Crippen LogP contribution in [0.5, 0.6) is 5.75 Å². The van der Waals surface area contributed by atoms with E-state index in [1.165, 1.54) is 0 Å². The zero-order chi connectivity index (χ0) is 19.1. The Balaban J connectivity index is 2.18. The van der Waals surface area contributed by atoms with Crippen molar-refractivity contribution in [1.82, 2.24) is 10.2 Å². The Morgan fingerprint density at radius 1 is 1.08 bits per heavy atom. The highest BCUT2D eigenvalue weighted by Crippen LogP contribution is 2.16. The zero-order valence-electron chi connectivity index (χ0n) is 15.2. The quantitative estimate of drug-likeness (QED) is 0.810. The van der Waals surface area contributed by atoms with Gasteiger partial charge in [-0.05, 0) is 42.3 Å². The van der Waals surface area contributed by atoms with Crippen LogP contribution in [0.4, 0.5) is 0 Å². The van der Waals surface area contributed by atoms with Crippen molar-refractivity contribution in [3.8, 4) is 5.75 Å². The van der Waals surface area contributed by atoms with E-state index in [0.717, 1.165) is 16.9 Å². The average molecular weight is 375 g/mol. The molecule has 2 rings (SSSR count). The van der Waals surface area contributed by atoms with E-state index in [2.05, 4.69) is 5.32 Å². The fourth-order valence-corrected chi connectivity index (χ4v) is 2.72. The van der Waals surface area contributed by atoms with Gasteiger partial charge in [0.15, 0.2) is 0 Å². The molecule has 0 aliphatic carbocycles. The van der Waals surface area contributed by atoms with E-state index >= 15 is 0 Å². The molecule has 0 unspecified atom stereocenters. The summed E-state index contributed by atoms with van der Waals surface area (Å²) in [6.07, 6.45) is 0.207. The van der Waals surface area contributed by atoms with Crippen molar-refractivity contribution >= 4 is 23.4 Å². The van der Waals surface area contributed by atoms with E-state index < -0.39 is 6.04 Å². The molecule has 5 nitrogen and oxygen atoms in total. The predicted octanol–water partition coefficient (Wildman–Crippen LogP) is 3.05. The number of amides is 2. The van der Waals surface area contributed by atoms with Crippen LogP contribution in [0.1, 0.15) is 18.1 Å². The first kappa shape index (κ1) is 19.8. The summed E-state index contributed by atoms with van der Waals surface area (Å²) in [5.41, 5.74) is 1.77. The highest BCUT2D eigenvalue weighted by Gasteiger charge is 2.25. The fraction of sp³-hybridized carbons (Fsp3) is 0.300. The molecular formula is C20H23ClN2O3. The Bertz CT molecular complexity index is 745.